The Morgan fingerprint density at radius 3 is 2.30 bits per heavy atom. The second-order valence-electron chi connectivity index (χ2n) is 7.14. The van der Waals surface area contributed by atoms with Crippen molar-refractivity contribution in [1.29, 1.82) is 0 Å². The van der Waals surface area contributed by atoms with Gasteiger partial charge in [0, 0.05) is 17.6 Å². The summed E-state index contributed by atoms with van der Waals surface area (Å²) in [5.41, 5.74) is 0.764. The molecule has 0 heterocycles. The van der Waals surface area contributed by atoms with Gasteiger partial charge in [0.05, 0.1) is 7.11 Å². The predicted molar refractivity (Wildman–Crippen MR) is 118 cm³/mol. The van der Waals surface area contributed by atoms with Crippen LogP contribution >= 0.6 is 11.6 Å². The van der Waals surface area contributed by atoms with Gasteiger partial charge in [-0.2, -0.15) is 0 Å². The maximum absolute atomic E-state index is 13.2. The van der Waals surface area contributed by atoms with E-state index in [1.54, 1.807) is 24.3 Å². The van der Waals surface area contributed by atoms with Crippen LogP contribution in [0.5, 0.6) is 11.5 Å². The lowest BCUT2D eigenvalue weighted by atomic mass is 10.1. The standard InChI is InChI=1S/C23H29ClN2O4/c1-5-19(23(28)25-16(2)3)26(14-17-10-6-7-11-18(17)24)22(27)15-30-21-13-9-8-12-20(21)29-4/h6-13,16,19H,5,14-15H2,1-4H3,(H,25,28)/t19-/m0/s1. The van der Waals surface area contributed by atoms with Gasteiger partial charge in [-0.1, -0.05) is 48.9 Å². The molecule has 1 N–H and O–H groups in total. The summed E-state index contributed by atoms with van der Waals surface area (Å²) < 4.78 is 11.0. The van der Waals surface area contributed by atoms with Crippen LogP contribution in [0.3, 0.4) is 0 Å². The van der Waals surface area contributed by atoms with Crippen LogP contribution in [0.2, 0.25) is 5.02 Å². The van der Waals surface area contributed by atoms with Gasteiger partial charge in [-0.15, -0.1) is 0 Å². The average molecular weight is 433 g/mol. The summed E-state index contributed by atoms with van der Waals surface area (Å²) in [5, 5.41) is 3.44. The van der Waals surface area contributed by atoms with Gasteiger partial charge >= 0.3 is 0 Å². The van der Waals surface area contributed by atoms with E-state index in [0.717, 1.165) is 5.56 Å². The Morgan fingerprint density at radius 2 is 1.70 bits per heavy atom. The van der Waals surface area contributed by atoms with E-state index < -0.39 is 6.04 Å². The number of nitrogens with zero attached hydrogens (tertiary/aromatic N) is 1. The molecule has 162 valence electrons. The molecule has 6 nitrogen and oxygen atoms in total. The summed E-state index contributed by atoms with van der Waals surface area (Å²) in [5.74, 6) is 0.482. The molecular formula is C23H29ClN2O4. The van der Waals surface area contributed by atoms with Crippen molar-refractivity contribution < 1.29 is 19.1 Å². The third-order valence-electron chi connectivity index (χ3n) is 4.54. The maximum Gasteiger partial charge on any atom is 0.261 e. The Labute approximate surface area is 183 Å². The fourth-order valence-corrected chi connectivity index (χ4v) is 3.27. The van der Waals surface area contributed by atoms with E-state index in [4.69, 9.17) is 21.1 Å². The maximum atomic E-state index is 13.2. The van der Waals surface area contributed by atoms with Crippen molar-refractivity contribution in [2.45, 2.75) is 45.8 Å². The summed E-state index contributed by atoms with van der Waals surface area (Å²) in [6.45, 7) is 5.62. The third-order valence-corrected chi connectivity index (χ3v) is 4.90. The zero-order valence-corrected chi connectivity index (χ0v) is 18.6. The number of para-hydroxylation sites is 2. The molecule has 30 heavy (non-hydrogen) atoms. The highest BCUT2D eigenvalue weighted by atomic mass is 35.5. The average Bonchev–Trinajstić information content (AvgIpc) is 2.72. The Hall–Kier alpha value is -2.73. The van der Waals surface area contributed by atoms with Gasteiger partial charge in [0.2, 0.25) is 5.91 Å². The fraction of sp³-hybridized carbons (Fsp3) is 0.391. The highest BCUT2D eigenvalue weighted by Crippen LogP contribution is 2.26. The van der Waals surface area contributed by atoms with E-state index in [-0.39, 0.29) is 31.0 Å². The molecule has 0 aliphatic heterocycles. The van der Waals surface area contributed by atoms with Gasteiger partial charge in [0.15, 0.2) is 18.1 Å². The molecule has 0 saturated carbocycles. The second kappa shape index (κ2) is 11.5. The lowest BCUT2D eigenvalue weighted by molar-refractivity contribution is -0.143. The van der Waals surface area contributed by atoms with Gasteiger partial charge in [0.25, 0.3) is 5.91 Å². The van der Waals surface area contributed by atoms with Gasteiger partial charge in [0.1, 0.15) is 6.04 Å². The number of hydrogen-bond acceptors (Lipinski definition) is 4. The molecule has 2 aromatic carbocycles. The minimum absolute atomic E-state index is 0.0337. The number of amides is 2. The molecule has 7 heteroatoms. The minimum Gasteiger partial charge on any atom is -0.493 e. The molecule has 1 atom stereocenters. The van der Waals surface area contributed by atoms with Crippen molar-refractivity contribution in [2.24, 2.45) is 0 Å². The van der Waals surface area contributed by atoms with Gasteiger partial charge in [-0.05, 0) is 44.0 Å². The highest BCUT2D eigenvalue weighted by Gasteiger charge is 2.29. The van der Waals surface area contributed by atoms with E-state index in [0.29, 0.717) is 22.9 Å². The van der Waals surface area contributed by atoms with E-state index in [2.05, 4.69) is 5.32 Å². The lowest BCUT2D eigenvalue weighted by Gasteiger charge is -2.31. The van der Waals surface area contributed by atoms with E-state index in [1.807, 2.05) is 45.0 Å². The van der Waals surface area contributed by atoms with Crippen molar-refractivity contribution in [2.75, 3.05) is 13.7 Å². The predicted octanol–water partition coefficient (Wildman–Crippen LogP) is 4.06. The number of ether oxygens (including phenoxy) is 2. The molecule has 0 aliphatic rings. The molecule has 0 fully saturated rings. The first-order chi connectivity index (χ1) is 14.4. The molecule has 0 aromatic heterocycles. The Morgan fingerprint density at radius 1 is 1.07 bits per heavy atom. The SMILES string of the molecule is CC[C@@H](C(=O)NC(C)C)N(Cc1ccccc1Cl)C(=O)COc1ccccc1OC. The largest absolute Gasteiger partial charge is 0.493 e. The summed E-state index contributed by atoms with van der Waals surface area (Å²) in [6.07, 6.45) is 0.462. The van der Waals surface area contributed by atoms with Gasteiger partial charge in [-0.25, -0.2) is 0 Å². The van der Waals surface area contributed by atoms with Crippen LogP contribution < -0.4 is 14.8 Å². The lowest BCUT2D eigenvalue weighted by Crippen LogP contribution is -2.51. The molecule has 0 aliphatic carbocycles. The Bertz CT molecular complexity index is 857. The topological polar surface area (TPSA) is 67.9 Å². The molecule has 0 spiro atoms. The van der Waals surface area contributed by atoms with Crippen molar-refractivity contribution in [3.63, 3.8) is 0 Å². The number of hydrogen-bond donors (Lipinski definition) is 1. The van der Waals surface area contributed by atoms with Crippen LogP contribution in [0.4, 0.5) is 0 Å². The summed E-state index contributed by atoms with van der Waals surface area (Å²) in [6, 6.07) is 13.7. The molecule has 2 aromatic rings. The number of methoxy groups -OCH3 is 1. The molecular weight excluding hydrogens is 404 g/mol. The third kappa shape index (κ3) is 6.39. The second-order valence-corrected chi connectivity index (χ2v) is 7.55. The van der Waals surface area contributed by atoms with Crippen molar-refractivity contribution >= 4 is 23.4 Å². The normalized spacial score (nSPS) is 11.7. The molecule has 0 unspecified atom stereocenters. The smallest absolute Gasteiger partial charge is 0.261 e. The first-order valence-electron chi connectivity index (χ1n) is 9.96. The number of benzene rings is 2. The van der Waals surface area contributed by atoms with Crippen LogP contribution in [0, 0.1) is 0 Å². The number of halogens is 1. The van der Waals surface area contributed by atoms with Crippen molar-refractivity contribution in [3.8, 4) is 11.5 Å². The Kier molecular flexibility index (Phi) is 8.99. The first kappa shape index (κ1) is 23.5. The zero-order valence-electron chi connectivity index (χ0n) is 17.9. The van der Waals surface area contributed by atoms with Gasteiger partial charge in [-0.3, -0.25) is 9.59 Å². The van der Waals surface area contributed by atoms with Crippen LogP contribution in [0.1, 0.15) is 32.8 Å². The van der Waals surface area contributed by atoms with Crippen LogP contribution in [0.15, 0.2) is 48.5 Å². The number of nitrogens with one attached hydrogen (secondary N) is 1. The summed E-state index contributed by atoms with van der Waals surface area (Å²) >= 11 is 6.31. The number of carbonyl (C=O) groups excluding carboxylic acids is 2. The quantitative estimate of drug-likeness (QED) is 0.614. The van der Waals surface area contributed by atoms with E-state index in [9.17, 15) is 9.59 Å². The molecule has 0 saturated heterocycles. The monoisotopic (exact) mass is 432 g/mol. The summed E-state index contributed by atoms with van der Waals surface area (Å²) in [7, 11) is 1.54. The van der Waals surface area contributed by atoms with Crippen LogP contribution in [-0.2, 0) is 16.1 Å². The summed E-state index contributed by atoms with van der Waals surface area (Å²) in [4.78, 5) is 27.5. The minimum atomic E-state index is -0.641. The van der Waals surface area contributed by atoms with E-state index in [1.165, 1.54) is 12.0 Å². The molecule has 0 radical (unpaired) electrons. The van der Waals surface area contributed by atoms with Crippen LogP contribution in [-0.4, -0.2) is 42.5 Å². The molecule has 2 amide bonds. The van der Waals surface area contributed by atoms with E-state index >= 15 is 0 Å². The number of carbonyl (C=O) groups is 2. The van der Waals surface area contributed by atoms with Crippen LogP contribution in [0.25, 0.3) is 0 Å². The number of rotatable bonds is 10. The Balaban J connectivity index is 2.25. The zero-order chi connectivity index (χ0) is 22.1. The molecule has 0 bridgehead atoms. The first-order valence-corrected chi connectivity index (χ1v) is 10.3. The highest BCUT2D eigenvalue weighted by molar-refractivity contribution is 6.31. The van der Waals surface area contributed by atoms with Crippen molar-refractivity contribution in [3.05, 3.63) is 59.1 Å². The fourth-order valence-electron chi connectivity index (χ4n) is 3.07. The van der Waals surface area contributed by atoms with Gasteiger partial charge < -0.3 is 19.7 Å². The van der Waals surface area contributed by atoms with Crippen molar-refractivity contribution in [1.82, 2.24) is 10.2 Å². The molecule has 2 rings (SSSR count).